The van der Waals surface area contributed by atoms with Crippen molar-refractivity contribution < 1.29 is 4.74 Å². The van der Waals surface area contributed by atoms with Gasteiger partial charge in [0, 0.05) is 32.6 Å². The third kappa shape index (κ3) is 3.94. The fourth-order valence-corrected chi connectivity index (χ4v) is 1.68. The predicted octanol–water partition coefficient (Wildman–Crippen LogP) is 2.24. The lowest BCUT2D eigenvalue weighted by Crippen LogP contribution is -2.32. The summed E-state index contributed by atoms with van der Waals surface area (Å²) in [6, 6.07) is 0. The Hall–Kier alpha value is -0.870. The largest absolute Gasteiger partial charge is 0.383 e. The zero-order valence-electron chi connectivity index (χ0n) is 9.98. The summed E-state index contributed by atoms with van der Waals surface area (Å²) in [6.45, 7) is 6.63. The normalized spacial score (nSPS) is 10.8. The van der Waals surface area contributed by atoms with Crippen LogP contribution in [-0.4, -0.2) is 36.8 Å². The van der Waals surface area contributed by atoms with Crippen LogP contribution in [0.2, 0.25) is 5.15 Å². The molecular formula is C11H18ClN3O. The number of halogens is 1. The lowest BCUT2D eigenvalue weighted by Gasteiger charge is -2.25. The van der Waals surface area contributed by atoms with E-state index in [1.807, 2.05) is 0 Å². The molecule has 1 rings (SSSR count). The first-order valence-electron chi connectivity index (χ1n) is 5.35. The van der Waals surface area contributed by atoms with Crippen molar-refractivity contribution in [2.45, 2.75) is 13.8 Å². The van der Waals surface area contributed by atoms with Gasteiger partial charge in [0.05, 0.1) is 6.61 Å². The molecule has 1 heterocycles. The fourth-order valence-electron chi connectivity index (χ4n) is 1.45. The molecule has 0 aliphatic heterocycles. The number of hydrogen-bond donors (Lipinski definition) is 0. The van der Waals surface area contributed by atoms with E-state index in [2.05, 4.69) is 28.7 Å². The first-order valence-corrected chi connectivity index (χ1v) is 5.73. The van der Waals surface area contributed by atoms with Crippen LogP contribution in [0.1, 0.15) is 13.8 Å². The first-order chi connectivity index (χ1) is 7.65. The summed E-state index contributed by atoms with van der Waals surface area (Å²) in [5.41, 5.74) is 0. The molecule has 4 nitrogen and oxygen atoms in total. The SMILES string of the molecule is COCCN(CC(C)C)c1nccnc1Cl. The zero-order chi connectivity index (χ0) is 12.0. The Morgan fingerprint density at radius 2 is 2.06 bits per heavy atom. The Balaban J connectivity index is 2.78. The Labute approximate surface area is 102 Å². The van der Waals surface area contributed by atoms with Crippen LogP contribution in [0.3, 0.4) is 0 Å². The van der Waals surface area contributed by atoms with E-state index in [9.17, 15) is 0 Å². The second-order valence-electron chi connectivity index (χ2n) is 4.00. The molecule has 0 aliphatic rings. The van der Waals surface area contributed by atoms with Gasteiger partial charge in [0.2, 0.25) is 0 Å². The molecule has 0 spiro atoms. The van der Waals surface area contributed by atoms with Gasteiger partial charge in [0.1, 0.15) is 0 Å². The van der Waals surface area contributed by atoms with Gasteiger partial charge in [0.25, 0.3) is 0 Å². The number of ether oxygens (including phenoxy) is 1. The molecule has 0 unspecified atom stereocenters. The van der Waals surface area contributed by atoms with Crippen LogP contribution in [0.4, 0.5) is 5.82 Å². The highest BCUT2D eigenvalue weighted by Crippen LogP contribution is 2.20. The van der Waals surface area contributed by atoms with Crippen molar-refractivity contribution in [1.29, 1.82) is 0 Å². The molecule has 0 N–H and O–H groups in total. The monoisotopic (exact) mass is 243 g/mol. The van der Waals surface area contributed by atoms with Crippen molar-refractivity contribution in [3.8, 4) is 0 Å². The van der Waals surface area contributed by atoms with Gasteiger partial charge >= 0.3 is 0 Å². The van der Waals surface area contributed by atoms with Crippen LogP contribution < -0.4 is 4.90 Å². The van der Waals surface area contributed by atoms with Gasteiger partial charge in [-0.2, -0.15) is 0 Å². The van der Waals surface area contributed by atoms with E-state index in [0.29, 0.717) is 17.7 Å². The molecule has 0 aliphatic carbocycles. The molecule has 5 heteroatoms. The fraction of sp³-hybridized carbons (Fsp3) is 0.636. The van der Waals surface area contributed by atoms with E-state index in [4.69, 9.17) is 16.3 Å². The highest BCUT2D eigenvalue weighted by molar-refractivity contribution is 6.31. The van der Waals surface area contributed by atoms with Gasteiger partial charge in [-0.3, -0.25) is 0 Å². The molecule has 0 aromatic carbocycles. The van der Waals surface area contributed by atoms with Gasteiger partial charge in [0.15, 0.2) is 11.0 Å². The molecule has 0 atom stereocenters. The quantitative estimate of drug-likeness (QED) is 0.768. The van der Waals surface area contributed by atoms with E-state index in [1.54, 1.807) is 19.5 Å². The maximum absolute atomic E-state index is 6.03. The Morgan fingerprint density at radius 3 is 2.62 bits per heavy atom. The molecule has 16 heavy (non-hydrogen) atoms. The van der Waals surface area contributed by atoms with Gasteiger partial charge in [-0.05, 0) is 5.92 Å². The van der Waals surface area contributed by atoms with Crippen molar-refractivity contribution in [2.75, 3.05) is 31.7 Å². The summed E-state index contributed by atoms with van der Waals surface area (Å²) >= 11 is 6.03. The van der Waals surface area contributed by atoms with E-state index in [1.165, 1.54) is 0 Å². The Kier molecular flexibility index (Phi) is 5.49. The molecule has 0 saturated carbocycles. The summed E-state index contributed by atoms with van der Waals surface area (Å²) in [5, 5.41) is 0.444. The van der Waals surface area contributed by atoms with Gasteiger partial charge < -0.3 is 9.64 Å². The van der Waals surface area contributed by atoms with E-state index >= 15 is 0 Å². The minimum atomic E-state index is 0.444. The van der Waals surface area contributed by atoms with Crippen LogP contribution >= 0.6 is 11.6 Å². The standard InChI is InChI=1S/C11H18ClN3O/c1-9(2)8-15(6-7-16-3)11-10(12)13-4-5-14-11/h4-5,9H,6-8H2,1-3H3. The molecule has 0 saturated heterocycles. The summed E-state index contributed by atoms with van der Waals surface area (Å²) in [4.78, 5) is 10.4. The maximum atomic E-state index is 6.03. The summed E-state index contributed by atoms with van der Waals surface area (Å²) in [6.07, 6.45) is 3.25. The van der Waals surface area contributed by atoms with Gasteiger partial charge in [-0.15, -0.1) is 0 Å². The zero-order valence-corrected chi connectivity index (χ0v) is 10.7. The van der Waals surface area contributed by atoms with E-state index in [-0.39, 0.29) is 0 Å². The van der Waals surface area contributed by atoms with Crippen molar-refractivity contribution >= 4 is 17.4 Å². The molecule has 0 fully saturated rings. The summed E-state index contributed by atoms with van der Waals surface area (Å²) < 4.78 is 5.08. The van der Waals surface area contributed by atoms with Crippen molar-refractivity contribution in [1.82, 2.24) is 9.97 Å². The molecule has 1 aromatic heterocycles. The number of rotatable bonds is 6. The number of hydrogen-bond acceptors (Lipinski definition) is 4. The highest BCUT2D eigenvalue weighted by atomic mass is 35.5. The Morgan fingerprint density at radius 1 is 1.38 bits per heavy atom. The lowest BCUT2D eigenvalue weighted by molar-refractivity contribution is 0.204. The average molecular weight is 244 g/mol. The summed E-state index contributed by atoms with van der Waals surface area (Å²) in [5.74, 6) is 1.27. The minimum absolute atomic E-state index is 0.444. The van der Waals surface area contributed by atoms with Crippen molar-refractivity contribution in [3.63, 3.8) is 0 Å². The number of nitrogens with zero attached hydrogens (tertiary/aromatic N) is 3. The van der Waals surface area contributed by atoms with Crippen LogP contribution in [0.15, 0.2) is 12.4 Å². The predicted molar refractivity (Wildman–Crippen MR) is 66.0 cm³/mol. The third-order valence-electron chi connectivity index (χ3n) is 2.09. The molecular weight excluding hydrogens is 226 g/mol. The van der Waals surface area contributed by atoms with E-state index < -0.39 is 0 Å². The van der Waals surface area contributed by atoms with Crippen LogP contribution in [-0.2, 0) is 4.74 Å². The third-order valence-corrected chi connectivity index (χ3v) is 2.35. The number of methoxy groups -OCH3 is 1. The molecule has 0 radical (unpaired) electrons. The second-order valence-corrected chi connectivity index (χ2v) is 4.36. The number of anilines is 1. The topological polar surface area (TPSA) is 38.2 Å². The Bertz CT molecular complexity index is 320. The second kappa shape index (κ2) is 6.66. The van der Waals surface area contributed by atoms with Gasteiger partial charge in [-0.1, -0.05) is 25.4 Å². The first kappa shape index (κ1) is 13.2. The minimum Gasteiger partial charge on any atom is -0.383 e. The van der Waals surface area contributed by atoms with Crippen LogP contribution in [0, 0.1) is 5.92 Å². The van der Waals surface area contributed by atoms with Crippen LogP contribution in [0.5, 0.6) is 0 Å². The molecule has 90 valence electrons. The number of aromatic nitrogens is 2. The summed E-state index contributed by atoms with van der Waals surface area (Å²) in [7, 11) is 1.69. The van der Waals surface area contributed by atoms with Crippen molar-refractivity contribution in [3.05, 3.63) is 17.5 Å². The highest BCUT2D eigenvalue weighted by Gasteiger charge is 2.13. The smallest absolute Gasteiger partial charge is 0.171 e. The molecule has 0 bridgehead atoms. The average Bonchev–Trinajstić information content (AvgIpc) is 2.24. The van der Waals surface area contributed by atoms with Crippen molar-refractivity contribution in [2.24, 2.45) is 5.92 Å². The lowest BCUT2D eigenvalue weighted by atomic mass is 10.2. The van der Waals surface area contributed by atoms with Gasteiger partial charge in [-0.25, -0.2) is 9.97 Å². The maximum Gasteiger partial charge on any atom is 0.171 e. The molecule has 1 aromatic rings. The molecule has 0 amide bonds. The van der Waals surface area contributed by atoms with Crippen LogP contribution in [0.25, 0.3) is 0 Å². The van der Waals surface area contributed by atoms with E-state index in [0.717, 1.165) is 18.9 Å².